The second-order valence-corrected chi connectivity index (χ2v) is 8.57. The molecule has 1 fully saturated rings. The lowest BCUT2D eigenvalue weighted by molar-refractivity contribution is -0.00249. The van der Waals surface area contributed by atoms with Crippen LogP contribution in [0.5, 0.6) is 0 Å². The molecule has 0 spiro atoms. The number of sulfonamides is 1. The van der Waals surface area contributed by atoms with Gasteiger partial charge in [-0.3, -0.25) is 0 Å². The van der Waals surface area contributed by atoms with Crippen LogP contribution >= 0.6 is 22.9 Å². The summed E-state index contributed by atoms with van der Waals surface area (Å²) in [6, 6.07) is 12.8. The van der Waals surface area contributed by atoms with E-state index in [0.717, 1.165) is 16.9 Å². The van der Waals surface area contributed by atoms with Crippen LogP contribution in [0.2, 0.25) is 4.34 Å². The molecule has 0 N–H and O–H groups in total. The minimum atomic E-state index is -3.49. The van der Waals surface area contributed by atoms with Crippen molar-refractivity contribution in [1.82, 2.24) is 4.31 Å². The van der Waals surface area contributed by atoms with Gasteiger partial charge in [-0.25, -0.2) is 8.42 Å². The molecule has 7 heteroatoms. The number of hydrogen-bond acceptors (Lipinski definition) is 4. The van der Waals surface area contributed by atoms with Crippen LogP contribution in [0.3, 0.4) is 0 Å². The van der Waals surface area contributed by atoms with Crippen molar-refractivity contribution in [2.75, 3.05) is 19.7 Å². The van der Waals surface area contributed by atoms with E-state index in [1.165, 1.54) is 4.31 Å². The standard InChI is InChI=1S/C14H14ClNO3S2/c15-13-6-7-14(20-13)21(17,18)16-8-9-19-12(10-16)11-4-2-1-3-5-11/h1-7,12H,8-10H2/t12-/m1/s1. The number of benzene rings is 1. The van der Waals surface area contributed by atoms with Crippen molar-refractivity contribution in [2.45, 2.75) is 10.3 Å². The van der Waals surface area contributed by atoms with Crippen LogP contribution in [0.15, 0.2) is 46.7 Å². The lowest BCUT2D eigenvalue weighted by Crippen LogP contribution is -2.41. The average Bonchev–Trinajstić information content (AvgIpc) is 2.96. The molecule has 21 heavy (non-hydrogen) atoms. The fraction of sp³-hybridized carbons (Fsp3) is 0.286. The predicted molar refractivity (Wildman–Crippen MR) is 83.2 cm³/mol. The van der Waals surface area contributed by atoms with Crippen molar-refractivity contribution in [3.63, 3.8) is 0 Å². The molecule has 112 valence electrons. The maximum Gasteiger partial charge on any atom is 0.252 e. The van der Waals surface area contributed by atoms with Crippen molar-refractivity contribution in [3.05, 3.63) is 52.4 Å². The van der Waals surface area contributed by atoms with Gasteiger partial charge in [0.1, 0.15) is 4.21 Å². The molecule has 0 radical (unpaired) electrons. The molecule has 0 saturated carbocycles. The SMILES string of the molecule is O=S(=O)(c1ccc(Cl)s1)N1CCO[C@@H](c2ccccc2)C1. The molecule has 1 aromatic carbocycles. The number of morpholine rings is 1. The molecule has 0 bridgehead atoms. The molecule has 2 heterocycles. The van der Waals surface area contributed by atoms with Crippen LogP contribution in [-0.4, -0.2) is 32.4 Å². The fourth-order valence-electron chi connectivity index (χ4n) is 2.28. The van der Waals surface area contributed by atoms with E-state index in [9.17, 15) is 8.42 Å². The van der Waals surface area contributed by atoms with E-state index in [1.807, 2.05) is 30.3 Å². The van der Waals surface area contributed by atoms with E-state index in [1.54, 1.807) is 12.1 Å². The molecule has 3 rings (SSSR count). The summed E-state index contributed by atoms with van der Waals surface area (Å²) in [5, 5.41) is 0. The lowest BCUT2D eigenvalue weighted by Gasteiger charge is -2.32. The number of hydrogen-bond donors (Lipinski definition) is 0. The Bertz CT molecular complexity index is 715. The first-order valence-electron chi connectivity index (χ1n) is 6.49. The van der Waals surface area contributed by atoms with Gasteiger partial charge in [0.15, 0.2) is 0 Å². The highest BCUT2D eigenvalue weighted by atomic mass is 35.5. The van der Waals surface area contributed by atoms with Crippen LogP contribution in [0.4, 0.5) is 0 Å². The summed E-state index contributed by atoms with van der Waals surface area (Å²) in [6.07, 6.45) is -0.231. The Morgan fingerprint density at radius 2 is 1.95 bits per heavy atom. The Morgan fingerprint density at radius 1 is 1.19 bits per heavy atom. The smallest absolute Gasteiger partial charge is 0.252 e. The summed E-state index contributed by atoms with van der Waals surface area (Å²) in [6.45, 7) is 1.07. The molecule has 0 unspecified atom stereocenters. The van der Waals surface area contributed by atoms with Crippen molar-refractivity contribution < 1.29 is 13.2 Å². The first-order valence-corrected chi connectivity index (χ1v) is 9.13. The third kappa shape index (κ3) is 3.14. The molecule has 1 aliphatic rings. The number of thiophene rings is 1. The summed E-state index contributed by atoms with van der Waals surface area (Å²) in [5.41, 5.74) is 0.988. The summed E-state index contributed by atoms with van der Waals surface area (Å²) in [5.74, 6) is 0. The van der Waals surface area contributed by atoms with Crippen molar-refractivity contribution >= 4 is 33.0 Å². The Morgan fingerprint density at radius 3 is 2.62 bits per heavy atom. The zero-order valence-corrected chi connectivity index (χ0v) is 13.5. The lowest BCUT2D eigenvalue weighted by atomic mass is 10.1. The van der Waals surface area contributed by atoms with Crippen LogP contribution < -0.4 is 0 Å². The highest BCUT2D eigenvalue weighted by Crippen LogP contribution is 2.31. The summed E-state index contributed by atoms with van der Waals surface area (Å²) in [7, 11) is -3.49. The topological polar surface area (TPSA) is 46.6 Å². The predicted octanol–water partition coefficient (Wildman–Crippen LogP) is 3.16. The van der Waals surface area contributed by atoms with Gasteiger partial charge < -0.3 is 4.74 Å². The highest BCUT2D eigenvalue weighted by Gasteiger charge is 2.32. The van der Waals surface area contributed by atoms with Gasteiger partial charge in [0.2, 0.25) is 0 Å². The number of halogens is 1. The van der Waals surface area contributed by atoms with Crippen molar-refractivity contribution in [3.8, 4) is 0 Å². The third-order valence-corrected chi connectivity index (χ3v) is 6.91. The Kier molecular flexibility index (Phi) is 4.33. The first-order chi connectivity index (χ1) is 10.1. The van der Waals surface area contributed by atoms with Gasteiger partial charge in [0.05, 0.1) is 17.0 Å². The van der Waals surface area contributed by atoms with E-state index in [2.05, 4.69) is 0 Å². The zero-order chi connectivity index (χ0) is 14.9. The van der Waals surface area contributed by atoms with Gasteiger partial charge in [0.25, 0.3) is 10.0 Å². The van der Waals surface area contributed by atoms with Gasteiger partial charge in [0, 0.05) is 13.1 Å². The Labute approximate surface area is 133 Å². The quantitative estimate of drug-likeness (QED) is 0.860. The molecule has 0 aliphatic carbocycles. The Hall–Kier alpha value is -0.920. The summed E-state index contributed by atoms with van der Waals surface area (Å²) >= 11 is 6.92. The van der Waals surface area contributed by atoms with Crippen LogP contribution in [-0.2, 0) is 14.8 Å². The molecule has 1 aliphatic heterocycles. The maximum atomic E-state index is 12.6. The number of nitrogens with zero attached hydrogens (tertiary/aromatic N) is 1. The van der Waals surface area contributed by atoms with Gasteiger partial charge >= 0.3 is 0 Å². The van der Waals surface area contributed by atoms with E-state index in [0.29, 0.717) is 24.0 Å². The van der Waals surface area contributed by atoms with Gasteiger partial charge in [-0.05, 0) is 17.7 Å². The molecule has 1 atom stereocenters. The molecule has 1 saturated heterocycles. The molecule has 0 amide bonds. The monoisotopic (exact) mass is 343 g/mol. The summed E-state index contributed by atoms with van der Waals surface area (Å²) < 4.78 is 33.1. The zero-order valence-electron chi connectivity index (χ0n) is 11.1. The second-order valence-electron chi connectivity index (χ2n) is 4.69. The third-order valence-electron chi connectivity index (χ3n) is 3.34. The van der Waals surface area contributed by atoms with Crippen molar-refractivity contribution in [2.24, 2.45) is 0 Å². The Balaban J connectivity index is 1.83. The average molecular weight is 344 g/mol. The minimum absolute atomic E-state index is 0.231. The normalized spacial score (nSPS) is 20.5. The second kappa shape index (κ2) is 6.06. The van der Waals surface area contributed by atoms with Crippen LogP contribution in [0.1, 0.15) is 11.7 Å². The van der Waals surface area contributed by atoms with Crippen molar-refractivity contribution in [1.29, 1.82) is 0 Å². The molecular formula is C14H14ClNO3S2. The van der Waals surface area contributed by atoms with Crippen LogP contribution in [0.25, 0.3) is 0 Å². The number of rotatable bonds is 3. The van der Waals surface area contributed by atoms with E-state index >= 15 is 0 Å². The first kappa shape index (κ1) is 15.0. The largest absolute Gasteiger partial charge is 0.371 e. The summed E-state index contributed by atoms with van der Waals surface area (Å²) in [4.78, 5) is 0. The van der Waals surface area contributed by atoms with E-state index < -0.39 is 10.0 Å². The molecular weight excluding hydrogens is 330 g/mol. The minimum Gasteiger partial charge on any atom is -0.371 e. The molecule has 1 aromatic heterocycles. The van der Waals surface area contributed by atoms with Gasteiger partial charge in [-0.1, -0.05) is 41.9 Å². The number of ether oxygens (including phenoxy) is 1. The van der Waals surface area contributed by atoms with E-state index in [4.69, 9.17) is 16.3 Å². The molecule has 4 nitrogen and oxygen atoms in total. The van der Waals surface area contributed by atoms with E-state index in [-0.39, 0.29) is 10.3 Å². The maximum absolute atomic E-state index is 12.6. The molecule has 2 aromatic rings. The van der Waals surface area contributed by atoms with Gasteiger partial charge in [-0.15, -0.1) is 11.3 Å². The fourth-order valence-corrected chi connectivity index (χ4v) is 5.34. The highest BCUT2D eigenvalue weighted by molar-refractivity contribution is 7.91. The van der Waals surface area contributed by atoms with Gasteiger partial charge in [-0.2, -0.15) is 4.31 Å². The van der Waals surface area contributed by atoms with Crippen LogP contribution in [0, 0.1) is 0 Å².